The van der Waals surface area contributed by atoms with Crippen molar-refractivity contribution in [1.82, 2.24) is 42.1 Å². The Bertz CT molecular complexity index is 2550. The minimum atomic E-state index is -1.78. The third kappa shape index (κ3) is 20.3. The minimum Gasteiger partial charge on any atom is -0.508 e. The van der Waals surface area contributed by atoms with Crippen LogP contribution in [-0.2, 0) is 65.6 Å². The van der Waals surface area contributed by atoms with Gasteiger partial charge in [0, 0.05) is 49.3 Å². The molecule has 0 bridgehead atoms. The second-order valence-electron chi connectivity index (χ2n) is 19.8. The lowest BCUT2D eigenvalue weighted by molar-refractivity contribution is -0.142. The van der Waals surface area contributed by atoms with Gasteiger partial charge >= 0.3 is 0 Å². The van der Waals surface area contributed by atoms with Crippen molar-refractivity contribution >= 4 is 92.5 Å². The summed E-state index contributed by atoms with van der Waals surface area (Å²) in [6.07, 6.45) is 2.21. The number of aliphatic imine (C=N–C) groups is 1. The Labute approximate surface area is 464 Å². The highest BCUT2D eigenvalue weighted by Crippen LogP contribution is 2.48. The van der Waals surface area contributed by atoms with Gasteiger partial charge in [-0.3, -0.25) is 57.7 Å². The lowest BCUT2D eigenvalue weighted by atomic mass is 9.85. The van der Waals surface area contributed by atoms with E-state index in [-0.39, 0.29) is 69.1 Å². The van der Waals surface area contributed by atoms with Crippen LogP contribution in [0.4, 0.5) is 0 Å². The normalized spacial score (nSPS) is 22.8. The molecule has 0 unspecified atom stereocenters. The monoisotopic (exact) mass is 1140 g/mol. The van der Waals surface area contributed by atoms with Gasteiger partial charge in [0.25, 0.3) is 0 Å². The van der Waals surface area contributed by atoms with Gasteiger partial charge in [0.05, 0.1) is 13.0 Å². The second kappa shape index (κ2) is 30.5. The summed E-state index contributed by atoms with van der Waals surface area (Å²) in [4.78, 5) is 156. The van der Waals surface area contributed by atoms with Crippen molar-refractivity contribution in [2.45, 2.75) is 143 Å². The Morgan fingerprint density at radius 2 is 1.33 bits per heavy atom. The van der Waals surface area contributed by atoms with E-state index in [1.807, 2.05) is 0 Å². The van der Waals surface area contributed by atoms with E-state index in [2.05, 4.69) is 42.2 Å². The van der Waals surface area contributed by atoms with Crippen LogP contribution in [0.15, 0.2) is 59.6 Å². The Kier molecular flexibility index (Phi) is 24.0. The number of nitrogens with one attached hydrogen (secondary N) is 7. The lowest BCUT2D eigenvalue weighted by Crippen LogP contribution is -2.61. The number of phenols is 1. The van der Waals surface area contributed by atoms with E-state index in [0.29, 0.717) is 30.4 Å². The molecule has 7 atom stereocenters. The molecule has 3 aliphatic rings. The van der Waals surface area contributed by atoms with E-state index in [1.54, 1.807) is 42.5 Å². The van der Waals surface area contributed by atoms with Gasteiger partial charge in [-0.15, -0.1) is 0 Å². The summed E-state index contributed by atoms with van der Waals surface area (Å²) < 4.78 is -0.759. The number of hydrogen-bond acceptors (Lipinski definition) is 15. The molecular weight excluding hydrogens is 1060 g/mol. The first-order valence-corrected chi connectivity index (χ1v) is 28.4. The summed E-state index contributed by atoms with van der Waals surface area (Å²) in [5.74, 6) is -9.66. The molecule has 430 valence electrons. The number of phenolic OH excluding ortho intramolecular Hbond substituents is 1. The lowest BCUT2D eigenvalue weighted by Gasteiger charge is -2.37. The van der Waals surface area contributed by atoms with Gasteiger partial charge in [-0.05, 0) is 68.2 Å². The van der Waals surface area contributed by atoms with Crippen LogP contribution in [0.25, 0.3) is 0 Å². The van der Waals surface area contributed by atoms with Crippen molar-refractivity contribution in [3.05, 3.63) is 65.7 Å². The number of benzene rings is 2. The molecule has 26 nitrogen and oxygen atoms in total. The number of carbonyl (C=O) groups is 11. The van der Waals surface area contributed by atoms with Crippen LogP contribution in [0.1, 0.15) is 94.6 Å². The Morgan fingerprint density at radius 1 is 0.722 bits per heavy atom. The molecule has 1 spiro atoms. The third-order valence-corrected chi connectivity index (χ3v) is 16.8. The zero-order valence-corrected chi connectivity index (χ0v) is 45.3. The maximum atomic E-state index is 14.9. The molecule has 2 heterocycles. The number of aromatic hydroxyl groups is 1. The van der Waals surface area contributed by atoms with Gasteiger partial charge in [-0.2, -0.15) is 0 Å². The smallest absolute Gasteiger partial charge is 0.246 e. The van der Waals surface area contributed by atoms with Crippen LogP contribution in [0, 0.1) is 0 Å². The first kappa shape index (κ1) is 62.2. The number of hydrogen-bond donors (Lipinski definition) is 13. The van der Waals surface area contributed by atoms with E-state index in [4.69, 9.17) is 28.7 Å². The molecule has 11 amide bonds. The molecule has 18 N–H and O–H groups in total. The molecule has 1 aliphatic carbocycles. The van der Waals surface area contributed by atoms with Crippen molar-refractivity contribution in [1.29, 1.82) is 0 Å². The number of amides is 11. The average molecular weight is 1140 g/mol. The van der Waals surface area contributed by atoms with Crippen LogP contribution in [0.3, 0.4) is 0 Å². The summed E-state index contributed by atoms with van der Waals surface area (Å²) in [5, 5.41) is 28.4. The van der Waals surface area contributed by atoms with Gasteiger partial charge in [0.15, 0.2) is 5.96 Å². The molecular formula is C51H72N14O12S2. The zero-order chi connectivity index (χ0) is 57.6. The van der Waals surface area contributed by atoms with Crippen LogP contribution in [-0.4, -0.2) is 153 Å². The molecule has 2 aliphatic heterocycles. The maximum Gasteiger partial charge on any atom is 0.246 e. The third-order valence-electron chi connectivity index (χ3n) is 13.5. The molecule has 2 saturated heterocycles. The molecule has 3 fully saturated rings. The van der Waals surface area contributed by atoms with E-state index in [9.17, 15) is 57.8 Å². The van der Waals surface area contributed by atoms with Gasteiger partial charge in [0.2, 0.25) is 65.0 Å². The summed E-state index contributed by atoms with van der Waals surface area (Å²) in [7, 11) is 2.48. The van der Waals surface area contributed by atoms with Gasteiger partial charge in [-0.25, -0.2) is 0 Å². The Morgan fingerprint density at radius 3 is 1.96 bits per heavy atom. The fourth-order valence-electron chi connectivity index (χ4n) is 9.46. The molecule has 79 heavy (non-hydrogen) atoms. The fourth-order valence-corrected chi connectivity index (χ4v) is 12.8. The fraction of sp³-hybridized carbons (Fsp3) is 0.529. The number of likely N-dealkylation sites (tertiary alicyclic amines) is 1. The predicted molar refractivity (Wildman–Crippen MR) is 293 cm³/mol. The largest absolute Gasteiger partial charge is 0.508 e. The average Bonchev–Trinajstić information content (AvgIpc) is 3.98. The number of primary amides is 3. The number of guanidine groups is 1. The van der Waals surface area contributed by atoms with E-state index in [1.165, 1.54) is 38.6 Å². The van der Waals surface area contributed by atoms with E-state index < -0.39 is 138 Å². The van der Waals surface area contributed by atoms with Gasteiger partial charge in [-0.1, -0.05) is 83.3 Å². The Balaban J connectivity index is 1.53. The number of nitrogens with two attached hydrogens (primary N) is 5. The molecule has 1 saturated carbocycles. The SMILES string of the molecule is NC(=O)CC[C@@H]1NC(=O)[C@@H](Cc2ccccc2)NC(=O)[C@H](Cc2ccc(O)cc2)NC(=O)CC2(CCCCC2)SSC[C@H](C(=O)N2CCC[C@H]2C(=O)N[C@H](CCCN=C(N)N)C(=O)NCC(N)=O)NC(=O)[C@@H](CC(N)=O)NC1=O. The van der Waals surface area contributed by atoms with Gasteiger partial charge < -0.3 is 75.9 Å². The molecule has 2 aromatic rings. The highest BCUT2D eigenvalue weighted by molar-refractivity contribution is 8.77. The molecule has 5 rings (SSSR count). The van der Waals surface area contributed by atoms with Crippen molar-refractivity contribution in [3.63, 3.8) is 0 Å². The molecule has 28 heteroatoms. The molecule has 0 aromatic heterocycles. The quantitative estimate of drug-likeness (QED) is 0.0296. The molecule has 0 radical (unpaired) electrons. The topological polar surface area (TPSA) is 438 Å². The first-order valence-electron chi connectivity index (χ1n) is 26.0. The van der Waals surface area contributed by atoms with E-state index in [0.717, 1.165) is 19.3 Å². The van der Waals surface area contributed by atoms with Crippen LogP contribution in [0.5, 0.6) is 5.75 Å². The van der Waals surface area contributed by atoms with Crippen LogP contribution >= 0.6 is 21.6 Å². The van der Waals surface area contributed by atoms with E-state index >= 15 is 0 Å². The molecule has 2 aromatic carbocycles. The summed E-state index contributed by atoms with van der Waals surface area (Å²) in [5.41, 5.74) is 28.4. The van der Waals surface area contributed by atoms with Crippen molar-refractivity contribution in [2.75, 3.05) is 25.4 Å². The highest BCUT2D eigenvalue weighted by atomic mass is 33.1. The van der Waals surface area contributed by atoms with Crippen molar-refractivity contribution in [3.8, 4) is 5.75 Å². The van der Waals surface area contributed by atoms with Crippen molar-refractivity contribution < 1.29 is 57.8 Å². The summed E-state index contributed by atoms with van der Waals surface area (Å²) in [6.45, 7) is -0.395. The standard InChI is InChI=1S/C51H72N14O12S2/c52-39(67)18-17-33-44(72)63-36(25-40(53)68)47(75)64-37(49(77)65-22-8-12-38(65)48(76)61-32(11-7-21-57-50(55)56)43(71)58-27-41(54)69)28-78-79-51(19-5-2-6-20-51)26-42(70)59-34(24-30-13-15-31(66)16-14-30)45(73)62-35(46(74)60-33)23-29-9-3-1-4-10-29/h1,3-4,9-10,13-16,32-38,66H,2,5-8,11-12,17-28H2,(H2,52,67)(H2,53,68)(H2,54,69)(H,58,71)(H,59,70)(H,60,74)(H,61,76)(H,62,73)(H,63,72)(H,64,75)(H4,55,56,57)/t32-,33+,34+,35-,36-,37-,38+/m1/s1. The van der Waals surface area contributed by atoms with Crippen LogP contribution < -0.4 is 65.9 Å². The zero-order valence-electron chi connectivity index (χ0n) is 43.7. The van der Waals surface area contributed by atoms with Gasteiger partial charge in [0.1, 0.15) is 48.0 Å². The second-order valence-corrected chi connectivity index (χ2v) is 22.6. The highest BCUT2D eigenvalue weighted by Gasteiger charge is 2.42. The number of rotatable bonds is 19. The van der Waals surface area contributed by atoms with Crippen molar-refractivity contribution in [2.24, 2.45) is 33.7 Å². The minimum absolute atomic E-state index is 0.0146. The van der Waals surface area contributed by atoms with Crippen LogP contribution in [0.2, 0.25) is 0 Å². The Hall–Kier alpha value is -7.62. The predicted octanol–water partition coefficient (Wildman–Crippen LogP) is -2.64. The maximum absolute atomic E-state index is 14.9. The number of carbonyl (C=O) groups excluding carboxylic acids is 11. The number of nitrogens with zero attached hydrogens (tertiary/aromatic N) is 2. The summed E-state index contributed by atoms with van der Waals surface area (Å²) >= 11 is 0. The first-order chi connectivity index (χ1) is 37.6. The summed E-state index contributed by atoms with van der Waals surface area (Å²) in [6, 6.07) is 4.67.